The van der Waals surface area contributed by atoms with Gasteiger partial charge in [-0.25, -0.2) is 15.8 Å². The second-order valence-electron chi connectivity index (χ2n) is 6.43. The minimum atomic E-state index is -0.779. The molecule has 132 valence electrons. The van der Waals surface area contributed by atoms with Gasteiger partial charge in [0.1, 0.15) is 11.9 Å². The fourth-order valence-corrected chi connectivity index (χ4v) is 3.31. The van der Waals surface area contributed by atoms with Crippen molar-refractivity contribution in [3.8, 4) is 0 Å². The second-order valence-corrected chi connectivity index (χ2v) is 6.43. The molecule has 0 radical (unpaired) electrons. The Labute approximate surface area is 145 Å². The maximum Gasteiger partial charge on any atom is 0.266 e. The van der Waals surface area contributed by atoms with Gasteiger partial charge in [-0.15, -0.1) is 0 Å². The van der Waals surface area contributed by atoms with Gasteiger partial charge in [0.25, 0.3) is 11.5 Å². The van der Waals surface area contributed by atoms with Crippen molar-refractivity contribution in [2.45, 2.75) is 52.0 Å². The van der Waals surface area contributed by atoms with Crippen molar-refractivity contribution in [3.05, 3.63) is 39.9 Å². The van der Waals surface area contributed by atoms with Crippen LogP contribution in [0.1, 0.15) is 50.0 Å². The summed E-state index contributed by atoms with van der Waals surface area (Å²) in [5, 5.41) is 1.14. The van der Waals surface area contributed by atoms with Crippen LogP contribution in [0.2, 0.25) is 0 Å². The largest absolute Gasteiger partial charge is 0.283 e. The molecule has 1 aromatic heterocycles. The zero-order valence-electron chi connectivity index (χ0n) is 14.5. The number of nitrogens with two attached hydrogens (primary N) is 1. The van der Waals surface area contributed by atoms with Crippen LogP contribution in [0.25, 0.3) is 10.9 Å². The molecule has 1 unspecified atom stereocenters. The number of nitrogens with zero attached hydrogens (tertiary/aromatic N) is 3. The maximum absolute atomic E-state index is 13.2. The first-order valence-electron chi connectivity index (χ1n) is 8.58. The van der Waals surface area contributed by atoms with Crippen molar-refractivity contribution in [2.24, 2.45) is 5.84 Å². The zero-order chi connectivity index (χ0) is 18.1. The van der Waals surface area contributed by atoms with E-state index in [-0.39, 0.29) is 18.4 Å². The van der Waals surface area contributed by atoms with E-state index in [0.717, 1.165) is 18.4 Å². The Bertz CT molecular complexity index is 903. The van der Waals surface area contributed by atoms with Gasteiger partial charge in [-0.05, 0) is 31.4 Å². The van der Waals surface area contributed by atoms with E-state index >= 15 is 0 Å². The predicted octanol–water partition coefficient (Wildman–Crippen LogP) is 1.61. The third-order valence-corrected chi connectivity index (χ3v) is 4.70. The first kappa shape index (κ1) is 17.3. The van der Waals surface area contributed by atoms with Crippen LogP contribution >= 0.6 is 0 Å². The minimum absolute atomic E-state index is 0.137. The molecule has 7 heteroatoms. The van der Waals surface area contributed by atoms with Crippen molar-refractivity contribution in [3.63, 3.8) is 0 Å². The summed E-state index contributed by atoms with van der Waals surface area (Å²) < 4.78 is 1.46. The summed E-state index contributed by atoms with van der Waals surface area (Å²) in [6.07, 6.45) is 2.80. The summed E-state index contributed by atoms with van der Waals surface area (Å²) >= 11 is 0. The average Bonchev–Trinajstić information content (AvgIpc) is 2.59. The van der Waals surface area contributed by atoms with E-state index in [0.29, 0.717) is 28.2 Å². The number of amides is 2. The summed E-state index contributed by atoms with van der Waals surface area (Å²) in [6.45, 7) is 3.91. The van der Waals surface area contributed by atoms with Gasteiger partial charge in [-0.3, -0.25) is 19.0 Å². The smallest absolute Gasteiger partial charge is 0.266 e. The van der Waals surface area contributed by atoms with Crippen molar-refractivity contribution in [1.82, 2.24) is 14.6 Å². The molecule has 2 amide bonds. The van der Waals surface area contributed by atoms with E-state index in [1.165, 1.54) is 4.57 Å². The number of unbranched alkanes of at least 4 members (excludes halogenated alkanes) is 1. The zero-order valence-corrected chi connectivity index (χ0v) is 14.5. The van der Waals surface area contributed by atoms with Gasteiger partial charge >= 0.3 is 0 Å². The molecule has 0 spiro atoms. The first-order valence-corrected chi connectivity index (χ1v) is 8.58. The standard InChI is InChI=1S/C18H22N4O3/c1-3-4-8-14-20-12-7-5-6-11(2)16(12)18(25)21(14)13-9-10-15(23)22(19)17(13)24/h5-7,13H,3-4,8-10,19H2,1-2H3. The molecule has 0 aliphatic carbocycles. The molecule has 1 aliphatic rings. The van der Waals surface area contributed by atoms with Crippen LogP contribution in [-0.2, 0) is 16.0 Å². The molecular formula is C18H22N4O3. The van der Waals surface area contributed by atoms with Gasteiger partial charge in [0.05, 0.1) is 10.9 Å². The molecule has 0 saturated carbocycles. The Kier molecular flexibility index (Phi) is 4.67. The van der Waals surface area contributed by atoms with Crippen LogP contribution in [0.15, 0.2) is 23.0 Å². The van der Waals surface area contributed by atoms with Gasteiger partial charge in [-0.2, -0.15) is 0 Å². The Hall–Kier alpha value is -2.54. The normalized spacial score (nSPS) is 18.2. The molecule has 7 nitrogen and oxygen atoms in total. The summed E-state index contributed by atoms with van der Waals surface area (Å²) in [5.74, 6) is 5.19. The Morgan fingerprint density at radius 3 is 2.76 bits per heavy atom. The summed E-state index contributed by atoms with van der Waals surface area (Å²) in [5.41, 5.74) is 1.21. The minimum Gasteiger partial charge on any atom is -0.283 e. The monoisotopic (exact) mass is 342 g/mol. The van der Waals surface area contributed by atoms with E-state index in [9.17, 15) is 14.4 Å². The number of piperidine rings is 1. The number of carbonyl (C=O) groups excluding carboxylic acids is 2. The van der Waals surface area contributed by atoms with Crippen molar-refractivity contribution in [1.29, 1.82) is 0 Å². The van der Waals surface area contributed by atoms with Crippen LogP contribution in [0.5, 0.6) is 0 Å². The molecule has 2 heterocycles. The van der Waals surface area contributed by atoms with Gasteiger partial charge in [-0.1, -0.05) is 25.5 Å². The van der Waals surface area contributed by atoms with Gasteiger partial charge < -0.3 is 0 Å². The summed E-state index contributed by atoms with van der Waals surface area (Å²) in [4.78, 5) is 42.0. The molecule has 2 N–H and O–H groups in total. The van der Waals surface area contributed by atoms with E-state index in [1.807, 2.05) is 25.1 Å². The van der Waals surface area contributed by atoms with Gasteiger partial charge in [0.15, 0.2) is 0 Å². The highest BCUT2D eigenvalue weighted by molar-refractivity contribution is 5.99. The number of rotatable bonds is 4. The first-order chi connectivity index (χ1) is 12.0. The number of benzene rings is 1. The molecule has 1 fully saturated rings. The van der Waals surface area contributed by atoms with Crippen LogP contribution in [-0.4, -0.2) is 26.4 Å². The molecular weight excluding hydrogens is 320 g/mol. The summed E-state index contributed by atoms with van der Waals surface area (Å²) in [6, 6.07) is 4.75. The average molecular weight is 342 g/mol. The summed E-state index contributed by atoms with van der Waals surface area (Å²) in [7, 11) is 0. The van der Waals surface area contributed by atoms with Crippen molar-refractivity contribution < 1.29 is 9.59 Å². The number of imide groups is 1. The second kappa shape index (κ2) is 6.76. The number of hydrazine groups is 1. The number of hydrogen-bond acceptors (Lipinski definition) is 5. The number of aromatic nitrogens is 2. The fourth-order valence-electron chi connectivity index (χ4n) is 3.31. The van der Waals surface area contributed by atoms with E-state index in [1.54, 1.807) is 0 Å². The van der Waals surface area contributed by atoms with Gasteiger partial charge in [0, 0.05) is 12.8 Å². The fraction of sp³-hybridized carbons (Fsp3) is 0.444. The number of aryl methyl sites for hydroxylation is 2. The van der Waals surface area contributed by atoms with Crippen LogP contribution in [0.4, 0.5) is 0 Å². The maximum atomic E-state index is 13.2. The number of fused-ring (bicyclic) bond motifs is 1. The lowest BCUT2D eigenvalue weighted by atomic mass is 10.0. The highest BCUT2D eigenvalue weighted by Gasteiger charge is 2.36. The van der Waals surface area contributed by atoms with E-state index in [2.05, 4.69) is 11.9 Å². The topological polar surface area (TPSA) is 98.3 Å². The highest BCUT2D eigenvalue weighted by atomic mass is 16.2. The van der Waals surface area contributed by atoms with Gasteiger partial charge in [0.2, 0.25) is 5.91 Å². The Balaban J connectivity index is 2.22. The number of carbonyl (C=O) groups is 2. The SMILES string of the molecule is CCCCc1nc2cccc(C)c2c(=O)n1C1CCC(=O)N(N)C1=O. The lowest BCUT2D eigenvalue weighted by Gasteiger charge is -2.29. The third-order valence-electron chi connectivity index (χ3n) is 4.70. The molecule has 1 saturated heterocycles. The Morgan fingerprint density at radius 1 is 1.28 bits per heavy atom. The molecule has 1 aromatic carbocycles. The third kappa shape index (κ3) is 2.95. The molecule has 3 rings (SSSR count). The molecule has 0 bridgehead atoms. The highest BCUT2D eigenvalue weighted by Crippen LogP contribution is 2.24. The van der Waals surface area contributed by atoms with Crippen LogP contribution < -0.4 is 11.4 Å². The number of hydrogen-bond donors (Lipinski definition) is 1. The lowest BCUT2D eigenvalue weighted by Crippen LogP contribution is -2.51. The van der Waals surface area contributed by atoms with E-state index in [4.69, 9.17) is 5.84 Å². The van der Waals surface area contributed by atoms with Crippen molar-refractivity contribution >= 4 is 22.7 Å². The molecule has 1 atom stereocenters. The van der Waals surface area contributed by atoms with Crippen molar-refractivity contribution in [2.75, 3.05) is 0 Å². The van der Waals surface area contributed by atoms with Crippen LogP contribution in [0.3, 0.4) is 0 Å². The predicted molar refractivity (Wildman–Crippen MR) is 93.7 cm³/mol. The van der Waals surface area contributed by atoms with E-state index < -0.39 is 17.9 Å². The Morgan fingerprint density at radius 2 is 2.04 bits per heavy atom. The molecule has 1 aliphatic heterocycles. The molecule has 2 aromatic rings. The van der Waals surface area contributed by atoms with Crippen LogP contribution in [0, 0.1) is 6.92 Å². The molecule has 25 heavy (non-hydrogen) atoms. The lowest BCUT2D eigenvalue weighted by molar-refractivity contribution is -0.151. The quantitative estimate of drug-likeness (QED) is 0.517.